The fourth-order valence-electron chi connectivity index (χ4n) is 1.40. The lowest BCUT2D eigenvalue weighted by molar-refractivity contribution is 0.784. The molecule has 1 aliphatic heterocycles. The molecule has 0 saturated carbocycles. The molecule has 1 unspecified atom stereocenters. The minimum atomic E-state index is 0.279. The van der Waals surface area contributed by atoms with Crippen molar-refractivity contribution in [3.63, 3.8) is 0 Å². The topological polar surface area (TPSA) is 24.1 Å². The third kappa shape index (κ3) is 3.10. The lowest BCUT2D eigenvalue weighted by atomic mass is 10.3. The molecular weight excluding hydrogens is 260 g/mol. The van der Waals surface area contributed by atoms with Gasteiger partial charge in [0.25, 0.3) is 0 Å². The summed E-state index contributed by atoms with van der Waals surface area (Å²) in [6, 6.07) is 5.90. The third-order valence-corrected chi connectivity index (χ3v) is 4.36. The van der Waals surface area contributed by atoms with Crippen LogP contribution in [0.2, 0.25) is 5.02 Å². The Morgan fingerprint density at radius 1 is 1.56 bits per heavy atom. The van der Waals surface area contributed by atoms with E-state index in [-0.39, 0.29) is 6.17 Å². The second-order valence-corrected chi connectivity index (χ2v) is 5.77. The van der Waals surface area contributed by atoms with E-state index in [4.69, 9.17) is 11.6 Å². The fourth-order valence-corrected chi connectivity index (χ4v) is 3.16. The van der Waals surface area contributed by atoms with Crippen LogP contribution >= 0.6 is 35.3 Å². The highest BCUT2D eigenvalue weighted by atomic mass is 35.5. The lowest BCUT2D eigenvalue weighted by Crippen LogP contribution is -2.37. The van der Waals surface area contributed by atoms with Gasteiger partial charge in [0.15, 0.2) is 0 Å². The van der Waals surface area contributed by atoms with Crippen molar-refractivity contribution in [2.45, 2.75) is 11.1 Å². The van der Waals surface area contributed by atoms with Gasteiger partial charge in [-0.05, 0) is 30.1 Å². The Balaban J connectivity index is 1.97. The van der Waals surface area contributed by atoms with E-state index in [2.05, 4.69) is 16.6 Å². The van der Waals surface area contributed by atoms with Gasteiger partial charge in [0, 0.05) is 21.4 Å². The Kier molecular flexibility index (Phi) is 4.46. The highest BCUT2D eigenvalue weighted by molar-refractivity contribution is 7.99. The number of anilines is 1. The van der Waals surface area contributed by atoms with E-state index < -0.39 is 0 Å². The normalized spacial score (nSPS) is 18.7. The van der Waals surface area contributed by atoms with Gasteiger partial charge in [-0.15, -0.1) is 6.58 Å². The number of hydrogen-bond donors (Lipinski definition) is 2. The van der Waals surface area contributed by atoms with Crippen molar-refractivity contribution in [2.24, 2.45) is 0 Å². The van der Waals surface area contributed by atoms with Crippen molar-refractivity contribution in [1.82, 2.24) is 4.72 Å². The number of benzene rings is 1. The Hall–Kier alpha value is -0.290. The van der Waals surface area contributed by atoms with E-state index in [9.17, 15) is 0 Å². The zero-order valence-corrected chi connectivity index (χ0v) is 11.1. The van der Waals surface area contributed by atoms with Gasteiger partial charge in [-0.1, -0.05) is 17.7 Å². The second-order valence-electron chi connectivity index (χ2n) is 3.38. The van der Waals surface area contributed by atoms with Crippen LogP contribution in [0.1, 0.15) is 0 Å². The first-order valence-corrected chi connectivity index (χ1v) is 7.31. The van der Waals surface area contributed by atoms with Gasteiger partial charge in [-0.2, -0.15) is 11.8 Å². The molecule has 1 atom stereocenters. The number of rotatable bonds is 4. The first-order valence-electron chi connectivity index (χ1n) is 4.96. The smallest absolute Gasteiger partial charge is 0.0954 e. The molecular formula is C11H13ClN2S2. The summed E-state index contributed by atoms with van der Waals surface area (Å²) >= 11 is 9.47. The average Bonchev–Trinajstić information content (AvgIpc) is 2.29. The molecule has 0 aliphatic carbocycles. The summed E-state index contributed by atoms with van der Waals surface area (Å²) in [5.74, 6) is 1.98. The molecule has 0 radical (unpaired) electrons. The fraction of sp³-hybridized carbons (Fsp3) is 0.273. The Bertz CT molecular complexity index is 384. The van der Waals surface area contributed by atoms with Crippen LogP contribution in [0.3, 0.4) is 0 Å². The van der Waals surface area contributed by atoms with Crippen molar-refractivity contribution >= 4 is 41.0 Å². The van der Waals surface area contributed by atoms with Crippen LogP contribution < -0.4 is 10.0 Å². The maximum atomic E-state index is 5.96. The molecule has 0 aromatic heterocycles. The third-order valence-electron chi connectivity index (χ3n) is 2.10. The molecule has 2 rings (SSSR count). The van der Waals surface area contributed by atoms with Crippen LogP contribution in [0.5, 0.6) is 0 Å². The van der Waals surface area contributed by atoms with Crippen molar-refractivity contribution in [3.8, 4) is 0 Å². The summed E-state index contributed by atoms with van der Waals surface area (Å²) in [6.45, 7) is 3.71. The first-order chi connectivity index (χ1) is 7.79. The molecule has 1 aromatic carbocycles. The van der Waals surface area contributed by atoms with Gasteiger partial charge in [0.05, 0.1) is 11.9 Å². The van der Waals surface area contributed by atoms with Crippen LogP contribution in [-0.4, -0.2) is 17.7 Å². The van der Waals surface area contributed by atoms with Crippen LogP contribution in [0.15, 0.2) is 35.7 Å². The molecule has 5 heteroatoms. The van der Waals surface area contributed by atoms with Crippen LogP contribution in [0.25, 0.3) is 0 Å². The van der Waals surface area contributed by atoms with E-state index >= 15 is 0 Å². The molecule has 0 fully saturated rings. The van der Waals surface area contributed by atoms with Crippen molar-refractivity contribution in [3.05, 3.63) is 35.9 Å². The molecule has 16 heavy (non-hydrogen) atoms. The zero-order chi connectivity index (χ0) is 11.4. The summed E-state index contributed by atoms with van der Waals surface area (Å²) in [7, 11) is 0. The number of halogens is 1. The van der Waals surface area contributed by atoms with Crippen LogP contribution in [0, 0.1) is 0 Å². The predicted molar refractivity (Wildman–Crippen MR) is 75.4 cm³/mol. The summed E-state index contributed by atoms with van der Waals surface area (Å²) in [6.07, 6.45) is 2.20. The summed E-state index contributed by atoms with van der Waals surface area (Å²) in [4.78, 5) is 1.19. The molecule has 0 amide bonds. The highest BCUT2D eigenvalue weighted by Crippen LogP contribution is 2.32. The largest absolute Gasteiger partial charge is 0.367 e. The van der Waals surface area contributed by atoms with Gasteiger partial charge in [-0.3, -0.25) is 0 Å². The first kappa shape index (κ1) is 12.2. The monoisotopic (exact) mass is 272 g/mol. The molecule has 1 aliphatic rings. The van der Waals surface area contributed by atoms with Crippen molar-refractivity contribution < 1.29 is 0 Å². The number of nitrogens with one attached hydrogen (secondary N) is 2. The minimum absolute atomic E-state index is 0.279. The maximum absolute atomic E-state index is 5.96. The van der Waals surface area contributed by atoms with Gasteiger partial charge < -0.3 is 5.32 Å². The molecule has 0 bridgehead atoms. The average molecular weight is 273 g/mol. The Morgan fingerprint density at radius 3 is 3.25 bits per heavy atom. The Morgan fingerprint density at radius 2 is 2.44 bits per heavy atom. The van der Waals surface area contributed by atoms with E-state index in [0.29, 0.717) is 0 Å². The summed E-state index contributed by atoms with van der Waals surface area (Å²) < 4.78 is 3.36. The van der Waals surface area contributed by atoms with E-state index in [1.54, 1.807) is 11.9 Å². The Labute approximate surface area is 109 Å². The second kappa shape index (κ2) is 5.87. The molecule has 2 N–H and O–H groups in total. The van der Waals surface area contributed by atoms with Gasteiger partial charge in [0.1, 0.15) is 0 Å². The van der Waals surface area contributed by atoms with Crippen molar-refractivity contribution in [1.29, 1.82) is 0 Å². The minimum Gasteiger partial charge on any atom is -0.367 e. The van der Waals surface area contributed by atoms with Crippen LogP contribution in [-0.2, 0) is 0 Å². The number of fused-ring (bicyclic) bond motifs is 1. The predicted octanol–water partition coefficient (Wildman–Crippen LogP) is 3.61. The quantitative estimate of drug-likeness (QED) is 0.497. The van der Waals surface area contributed by atoms with E-state index in [1.165, 1.54) is 4.90 Å². The van der Waals surface area contributed by atoms with Gasteiger partial charge in [-0.25, -0.2) is 4.72 Å². The van der Waals surface area contributed by atoms with Gasteiger partial charge in [0.2, 0.25) is 0 Å². The maximum Gasteiger partial charge on any atom is 0.0954 e. The molecule has 0 spiro atoms. The van der Waals surface area contributed by atoms with Crippen molar-refractivity contribution in [2.75, 3.05) is 16.8 Å². The zero-order valence-electron chi connectivity index (χ0n) is 8.70. The molecule has 86 valence electrons. The SMILES string of the molecule is C=CCSCC1NSc2ccc(Cl)cc2N1. The molecule has 0 saturated heterocycles. The standard InChI is InChI=1S/C11H13ClN2S2/c1-2-5-15-7-11-13-9-6-8(12)3-4-10(9)16-14-11/h2-4,6,11,13-14H,1,5,7H2. The lowest BCUT2D eigenvalue weighted by Gasteiger charge is -2.27. The van der Waals surface area contributed by atoms with Crippen LogP contribution in [0.4, 0.5) is 5.69 Å². The van der Waals surface area contributed by atoms with E-state index in [1.807, 2.05) is 36.0 Å². The summed E-state index contributed by atoms with van der Waals surface area (Å²) in [5.41, 5.74) is 1.11. The molecule has 1 heterocycles. The molecule has 1 aromatic rings. The number of thioether (sulfide) groups is 1. The highest BCUT2D eigenvalue weighted by Gasteiger charge is 2.17. The van der Waals surface area contributed by atoms with E-state index in [0.717, 1.165) is 22.2 Å². The number of hydrogen-bond acceptors (Lipinski definition) is 4. The van der Waals surface area contributed by atoms with Gasteiger partial charge >= 0.3 is 0 Å². The molecule has 2 nitrogen and oxygen atoms in total. The summed E-state index contributed by atoms with van der Waals surface area (Å²) in [5, 5.41) is 4.19.